The monoisotopic (exact) mass is 161 g/mol. The highest BCUT2D eigenvalue weighted by molar-refractivity contribution is 4.94. The van der Waals surface area contributed by atoms with Crippen molar-refractivity contribution in [2.24, 2.45) is 5.73 Å². The summed E-state index contributed by atoms with van der Waals surface area (Å²) in [6, 6.07) is -0.635. The highest BCUT2D eigenvalue weighted by Crippen LogP contribution is 2.26. The van der Waals surface area contributed by atoms with Crippen LogP contribution in [0.3, 0.4) is 0 Å². The van der Waals surface area contributed by atoms with Gasteiger partial charge in [-0.25, -0.2) is 0 Å². The molecule has 5 nitrogen and oxygen atoms in total. The Morgan fingerprint density at radius 3 is 2.73 bits per heavy atom. The molecule has 2 saturated heterocycles. The fourth-order valence-electron chi connectivity index (χ4n) is 1.43. The number of aliphatic hydroxyl groups is 2. The summed E-state index contributed by atoms with van der Waals surface area (Å²) in [6.45, 7) is 0.316. The molecule has 2 rings (SSSR count). The van der Waals surface area contributed by atoms with Crippen molar-refractivity contribution in [2.75, 3.05) is 6.61 Å². The van der Waals surface area contributed by atoms with Gasteiger partial charge in [-0.15, -0.1) is 0 Å². The van der Waals surface area contributed by atoms with Crippen LogP contribution in [0.1, 0.15) is 0 Å². The Labute approximate surface area is 63.7 Å². The van der Waals surface area contributed by atoms with E-state index in [9.17, 15) is 10.2 Å². The maximum Gasteiger partial charge on any atom is 0.175 e. The van der Waals surface area contributed by atoms with Crippen LogP contribution in [0.15, 0.2) is 0 Å². The maximum absolute atomic E-state index is 9.30. The lowest BCUT2D eigenvalue weighted by molar-refractivity contribution is -0.177. The minimum atomic E-state index is -0.929. The first kappa shape index (κ1) is 7.45. The van der Waals surface area contributed by atoms with E-state index >= 15 is 0 Å². The van der Waals surface area contributed by atoms with Gasteiger partial charge in [-0.05, 0) is 0 Å². The van der Waals surface area contributed by atoms with E-state index in [4.69, 9.17) is 15.2 Å². The maximum atomic E-state index is 9.30. The summed E-state index contributed by atoms with van der Waals surface area (Å²) in [5.41, 5.74) is 5.49. The summed E-state index contributed by atoms with van der Waals surface area (Å²) in [5, 5.41) is 18.6. The van der Waals surface area contributed by atoms with E-state index in [1.807, 2.05) is 0 Å². The Morgan fingerprint density at radius 1 is 1.27 bits per heavy atom. The highest BCUT2D eigenvalue weighted by atomic mass is 16.7. The zero-order valence-corrected chi connectivity index (χ0v) is 5.88. The van der Waals surface area contributed by atoms with Crippen LogP contribution in [0.2, 0.25) is 0 Å². The molecule has 11 heavy (non-hydrogen) atoms. The van der Waals surface area contributed by atoms with E-state index in [-0.39, 0.29) is 0 Å². The van der Waals surface area contributed by atoms with Crippen LogP contribution in [0, 0.1) is 0 Å². The fourth-order valence-corrected chi connectivity index (χ4v) is 1.43. The third kappa shape index (κ3) is 0.969. The quantitative estimate of drug-likeness (QED) is 0.375. The third-order valence-corrected chi connectivity index (χ3v) is 2.17. The van der Waals surface area contributed by atoms with E-state index in [0.717, 1.165) is 0 Å². The average molecular weight is 161 g/mol. The standard InChI is InChI=1S/C6H11NO4/c7-3-5(9)4(8)2-1-10-6(3)11-2/h2-6,8-9H,1,7H2/t2-,3+,4-,5-,6-/m1/s1. The lowest BCUT2D eigenvalue weighted by atomic mass is 10.00. The Hall–Kier alpha value is -0.200. The van der Waals surface area contributed by atoms with Crippen molar-refractivity contribution in [1.29, 1.82) is 0 Å². The van der Waals surface area contributed by atoms with E-state index in [2.05, 4.69) is 0 Å². The third-order valence-electron chi connectivity index (χ3n) is 2.17. The topological polar surface area (TPSA) is 84.9 Å². The van der Waals surface area contributed by atoms with Gasteiger partial charge in [0.15, 0.2) is 6.29 Å². The Kier molecular flexibility index (Phi) is 1.62. The molecule has 0 saturated carbocycles. The van der Waals surface area contributed by atoms with Gasteiger partial charge in [0, 0.05) is 0 Å². The van der Waals surface area contributed by atoms with Crippen molar-refractivity contribution in [3.63, 3.8) is 0 Å². The van der Waals surface area contributed by atoms with Gasteiger partial charge >= 0.3 is 0 Å². The van der Waals surface area contributed by atoms with Crippen LogP contribution in [0.4, 0.5) is 0 Å². The molecule has 0 unspecified atom stereocenters. The fraction of sp³-hybridized carbons (Fsp3) is 1.00. The lowest BCUT2D eigenvalue weighted by Gasteiger charge is -2.33. The molecular formula is C6H11NO4. The largest absolute Gasteiger partial charge is 0.388 e. The second-order valence-corrected chi connectivity index (χ2v) is 2.93. The first-order valence-corrected chi connectivity index (χ1v) is 3.59. The number of aliphatic hydroxyl groups excluding tert-OH is 2. The molecule has 5 heteroatoms. The van der Waals surface area contributed by atoms with Crippen LogP contribution in [-0.2, 0) is 9.47 Å². The van der Waals surface area contributed by atoms with Crippen molar-refractivity contribution < 1.29 is 19.7 Å². The molecule has 2 fully saturated rings. The molecule has 2 aliphatic heterocycles. The second-order valence-electron chi connectivity index (χ2n) is 2.93. The van der Waals surface area contributed by atoms with Crippen LogP contribution in [-0.4, -0.2) is 47.5 Å². The summed E-state index contributed by atoms with van der Waals surface area (Å²) in [6.07, 6.45) is -2.79. The van der Waals surface area contributed by atoms with E-state index in [0.29, 0.717) is 6.61 Å². The van der Waals surface area contributed by atoms with Crippen LogP contribution < -0.4 is 5.73 Å². The van der Waals surface area contributed by atoms with E-state index < -0.39 is 30.6 Å². The molecule has 0 aromatic rings. The number of rotatable bonds is 0. The Balaban J connectivity index is 2.16. The number of nitrogens with two attached hydrogens (primary N) is 1. The lowest BCUT2D eigenvalue weighted by Crippen LogP contribution is -2.57. The molecule has 0 aromatic heterocycles. The first-order valence-electron chi connectivity index (χ1n) is 3.59. The summed E-state index contributed by atoms with van der Waals surface area (Å²) in [7, 11) is 0. The normalized spacial score (nSPS) is 56.5. The van der Waals surface area contributed by atoms with Crippen LogP contribution >= 0.6 is 0 Å². The number of hydrogen-bond donors (Lipinski definition) is 3. The minimum Gasteiger partial charge on any atom is -0.388 e. The summed E-state index contributed by atoms with van der Waals surface area (Å²) in [4.78, 5) is 0. The van der Waals surface area contributed by atoms with Crippen molar-refractivity contribution in [3.05, 3.63) is 0 Å². The molecule has 0 aromatic carbocycles. The molecule has 0 radical (unpaired) electrons. The van der Waals surface area contributed by atoms with Gasteiger partial charge in [-0.3, -0.25) is 0 Å². The van der Waals surface area contributed by atoms with Gasteiger partial charge < -0.3 is 25.4 Å². The number of ether oxygens (including phenoxy) is 2. The average Bonchev–Trinajstić information content (AvgIpc) is 2.44. The molecule has 4 N–H and O–H groups in total. The van der Waals surface area contributed by atoms with E-state index in [1.165, 1.54) is 0 Å². The van der Waals surface area contributed by atoms with E-state index in [1.54, 1.807) is 0 Å². The molecule has 0 aliphatic carbocycles. The van der Waals surface area contributed by atoms with Crippen LogP contribution in [0.5, 0.6) is 0 Å². The SMILES string of the molecule is N[C@@H]1[C@@H]2OC[C@@H](O2)[C@@H](O)[C@@H]1O. The predicted octanol–water partition coefficient (Wildman–Crippen LogP) is -2.21. The zero-order chi connectivity index (χ0) is 8.01. The Morgan fingerprint density at radius 2 is 2.00 bits per heavy atom. The van der Waals surface area contributed by atoms with Gasteiger partial charge in [-0.1, -0.05) is 0 Å². The number of fused-ring (bicyclic) bond motifs is 2. The molecule has 64 valence electrons. The summed E-state index contributed by atoms with van der Waals surface area (Å²) in [5.74, 6) is 0. The summed E-state index contributed by atoms with van der Waals surface area (Å²) >= 11 is 0. The van der Waals surface area contributed by atoms with Crippen molar-refractivity contribution in [2.45, 2.75) is 30.6 Å². The van der Waals surface area contributed by atoms with Crippen molar-refractivity contribution in [1.82, 2.24) is 0 Å². The summed E-state index contributed by atoms with van der Waals surface area (Å²) < 4.78 is 10.2. The molecule has 0 spiro atoms. The molecular weight excluding hydrogens is 150 g/mol. The van der Waals surface area contributed by atoms with Gasteiger partial charge in [0.2, 0.25) is 0 Å². The molecule has 5 atom stereocenters. The molecule has 2 aliphatic rings. The predicted molar refractivity (Wildman–Crippen MR) is 34.6 cm³/mol. The molecule has 0 amide bonds. The van der Waals surface area contributed by atoms with Gasteiger partial charge in [0.25, 0.3) is 0 Å². The van der Waals surface area contributed by atoms with Crippen molar-refractivity contribution >= 4 is 0 Å². The second kappa shape index (κ2) is 2.40. The van der Waals surface area contributed by atoms with Gasteiger partial charge in [0.05, 0.1) is 12.6 Å². The molecule has 2 bridgehead atoms. The smallest absolute Gasteiger partial charge is 0.175 e. The minimum absolute atomic E-state index is 0.316. The van der Waals surface area contributed by atoms with Crippen molar-refractivity contribution in [3.8, 4) is 0 Å². The molecule has 2 heterocycles. The number of hydrogen-bond acceptors (Lipinski definition) is 5. The zero-order valence-electron chi connectivity index (χ0n) is 5.88. The van der Waals surface area contributed by atoms with Gasteiger partial charge in [0.1, 0.15) is 18.3 Å². The first-order chi connectivity index (χ1) is 5.20. The highest BCUT2D eigenvalue weighted by Gasteiger charge is 2.47. The van der Waals surface area contributed by atoms with Gasteiger partial charge in [-0.2, -0.15) is 0 Å². The van der Waals surface area contributed by atoms with Crippen LogP contribution in [0.25, 0.3) is 0 Å². The Bertz CT molecular complexity index is 145.